The molecule has 1 nitrogen and oxygen atoms in total. The van der Waals surface area contributed by atoms with Crippen molar-refractivity contribution in [3.05, 3.63) is 88.6 Å². The highest BCUT2D eigenvalue weighted by molar-refractivity contribution is 7.17. The highest BCUT2D eigenvalue weighted by atomic mass is 32.1. The molecule has 0 saturated carbocycles. The van der Waals surface area contributed by atoms with Crippen molar-refractivity contribution < 1.29 is 9.13 Å². The van der Waals surface area contributed by atoms with E-state index in [9.17, 15) is 4.39 Å². The maximum absolute atomic E-state index is 14.6. The molecule has 0 amide bonds. The third-order valence-corrected chi connectivity index (χ3v) is 6.21. The van der Waals surface area contributed by atoms with E-state index in [1.807, 2.05) is 26.0 Å². The highest BCUT2D eigenvalue weighted by Crippen LogP contribution is 2.35. The van der Waals surface area contributed by atoms with Gasteiger partial charge in [-0.25, -0.2) is 4.39 Å². The smallest absolute Gasteiger partial charge is 0.165 e. The molecule has 0 saturated heterocycles. The molecule has 1 aromatic heterocycles. The first-order valence-corrected chi connectivity index (χ1v) is 11.0. The zero-order chi connectivity index (χ0) is 21.3. The molecular weight excluding hydrogens is 391 g/mol. The van der Waals surface area contributed by atoms with Gasteiger partial charge in [0.05, 0.1) is 0 Å². The van der Waals surface area contributed by atoms with Crippen LogP contribution in [0.2, 0.25) is 0 Å². The number of hydrogen-bond acceptors (Lipinski definition) is 2. The molecule has 3 aromatic carbocycles. The number of allylic oxidation sites excluding steroid dienone is 1. The summed E-state index contributed by atoms with van der Waals surface area (Å²) in [6.45, 7) is 8.56. The van der Waals surface area contributed by atoms with Crippen LogP contribution in [0.3, 0.4) is 0 Å². The second kappa shape index (κ2) is 8.45. The number of rotatable bonds is 5. The Balaban J connectivity index is 1.66. The molecule has 0 aliphatic rings. The molecule has 1 heterocycles. The molecule has 4 rings (SSSR count). The average Bonchev–Trinajstić information content (AvgIpc) is 3.18. The lowest BCUT2D eigenvalue weighted by Crippen LogP contribution is -1.97. The minimum atomic E-state index is -0.335. The maximum atomic E-state index is 14.6. The first-order chi connectivity index (χ1) is 14.4. The van der Waals surface area contributed by atoms with Gasteiger partial charge in [0.1, 0.15) is 6.61 Å². The van der Waals surface area contributed by atoms with Crippen molar-refractivity contribution in [2.24, 2.45) is 0 Å². The van der Waals surface area contributed by atoms with Crippen molar-refractivity contribution >= 4 is 21.4 Å². The SMILES string of the molecule is CC(C)=CCOc1ccc(-c2cc(C)c(-c3ccc4sccc4c3)cc2C)cc1F. The first kappa shape index (κ1) is 20.4. The van der Waals surface area contributed by atoms with Crippen LogP contribution in [0.25, 0.3) is 32.3 Å². The molecule has 0 unspecified atom stereocenters. The molecule has 3 heteroatoms. The summed E-state index contributed by atoms with van der Waals surface area (Å²) >= 11 is 1.76. The van der Waals surface area contributed by atoms with E-state index >= 15 is 0 Å². The second-order valence-electron chi connectivity index (χ2n) is 7.89. The molecular formula is C27H25FOS. The third-order valence-electron chi connectivity index (χ3n) is 5.31. The number of aryl methyl sites for hydroxylation is 2. The highest BCUT2D eigenvalue weighted by Gasteiger charge is 2.12. The number of halogens is 1. The van der Waals surface area contributed by atoms with Crippen LogP contribution < -0.4 is 4.74 Å². The van der Waals surface area contributed by atoms with Gasteiger partial charge in [0, 0.05) is 4.70 Å². The van der Waals surface area contributed by atoms with Crippen molar-refractivity contribution in [3.63, 3.8) is 0 Å². The predicted molar refractivity (Wildman–Crippen MR) is 127 cm³/mol. The molecule has 0 aliphatic carbocycles. The van der Waals surface area contributed by atoms with E-state index in [1.54, 1.807) is 23.5 Å². The van der Waals surface area contributed by atoms with Crippen LogP contribution in [0.15, 0.2) is 71.6 Å². The van der Waals surface area contributed by atoms with Gasteiger partial charge in [0.2, 0.25) is 0 Å². The molecule has 4 aromatic rings. The summed E-state index contributed by atoms with van der Waals surface area (Å²) in [7, 11) is 0. The van der Waals surface area contributed by atoms with Gasteiger partial charge in [-0.05, 0) is 108 Å². The molecule has 152 valence electrons. The first-order valence-electron chi connectivity index (χ1n) is 10.1. The number of thiophene rings is 1. The van der Waals surface area contributed by atoms with Gasteiger partial charge in [0.25, 0.3) is 0 Å². The number of fused-ring (bicyclic) bond motifs is 1. The van der Waals surface area contributed by atoms with Gasteiger partial charge in [0.15, 0.2) is 11.6 Å². The largest absolute Gasteiger partial charge is 0.486 e. The average molecular weight is 417 g/mol. The zero-order valence-corrected chi connectivity index (χ0v) is 18.6. The molecule has 30 heavy (non-hydrogen) atoms. The van der Waals surface area contributed by atoms with E-state index in [4.69, 9.17) is 4.74 Å². The summed E-state index contributed by atoms with van der Waals surface area (Å²) in [5.74, 6) is -0.0509. The summed E-state index contributed by atoms with van der Waals surface area (Å²) in [6.07, 6.45) is 1.94. The summed E-state index contributed by atoms with van der Waals surface area (Å²) < 4.78 is 21.5. The second-order valence-corrected chi connectivity index (χ2v) is 8.84. The maximum Gasteiger partial charge on any atom is 0.165 e. The van der Waals surface area contributed by atoms with Crippen molar-refractivity contribution in [1.29, 1.82) is 0 Å². The van der Waals surface area contributed by atoms with Gasteiger partial charge in [-0.2, -0.15) is 0 Å². The Bertz CT molecular complexity index is 1250. The fraction of sp³-hybridized carbons (Fsp3) is 0.185. The van der Waals surface area contributed by atoms with E-state index in [0.29, 0.717) is 6.61 Å². The van der Waals surface area contributed by atoms with Gasteiger partial charge in [-0.15, -0.1) is 11.3 Å². The monoisotopic (exact) mass is 416 g/mol. The quantitative estimate of drug-likeness (QED) is 0.297. The van der Waals surface area contributed by atoms with Crippen molar-refractivity contribution in [2.45, 2.75) is 27.7 Å². The Kier molecular flexibility index (Phi) is 5.74. The van der Waals surface area contributed by atoms with Crippen molar-refractivity contribution in [1.82, 2.24) is 0 Å². The van der Waals surface area contributed by atoms with Crippen LogP contribution in [0.4, 0.5) is 4.39 Å². The van der Waals surface area contributed by atoms with E-state index in [0.717, 1.165) is 22.3 Å². The molecule has 0 N–H and O–H groups in total. The molecule has 0 fully saturated rings. The lowest BCUT2D eigenvalue weighted by atomic mass is 9.91. The molecule has 0 radical (unpaired) electrons. The summed E-state index contributed by atoms with van der Waals surface area (Å²) in [5.41, 5.74) is 7.78. The minimum absolute atomic E-state index is 0.284. The van der Waals surface area contributed by atoms with Gasteiger partial charge < -0.3 is 4.74 Å². The van der Waals surface area contributed by atoms with Crippen LogP contribution in [-0.4, -0.2) is 6.61 Å². The molecule has 0 spiro atoms. The zero-order valence-electron chi connectivity index (χ0n) is 17.8. The van der Waals surface area contributed by atoms with Crippen molar-refractivity contribution in [2.75, 3.05) is 6.61 Å². The predicted octanol–water partition coefficient (Wildman–Crippen LogP) is 8.34. The lowest BCUT2D eigenvalue weighted by molar-refractivity contribution is 0.341. The van der Waals surface area contributed by atoms with Crippen LogP contribution in [0.1, 0.15) is 25.0 Å². The molecule has 0 atom stereocenters. The normalized spacial score (nSPS) is 11.0. The molecule has 0 bridgehead atoms. The Morgan fingerprint density at radius 3 is 2.23 bits per heavy atom. The standard InChI is InChI=1S/C27H25FOS/c1-17(2)9-11-29-26-7-5-21(16-25(26)28)24-14-18(3)23(13-19(24)4)20-6-8-27-22(15-20)10-12-30-27/h5-10,12-16H,11H2,1-4H3. The number of hydrogen-bond donors (Lipinski definition) is 0. The van der Waals surface area contributed by atoms with Gasteiger partial charge >= 0.3 is 0 Å². The van der Waals surface area contributed by atoms with Gasteiger partial charge in [-0.3, -0.25) is 0 Å². The van der Waals surface area contributed by atoms with E-state index in [1.165, 1.54) is 26.8 Å². The van der Waals surface area contributed by atoms with E-state index in [-0.39, 0.29) is 11.6 Å². The fourth-order valence-corrected chi connectivity index (χ4v) is 4.43. The number of benzene rings is 3. The molecule has 0 aliphatic heterocycles. The third kappa shape index (κ3) is 4.17. The van der Waals surface area contributed by atoms with E-state index < -0.39 is 0 Å². The topological polar surface area (TPSA) is 9.23 Å². The van der Waals surface area contributed by atoms with Crippen LogP contribution >= 0.6 is 11.3 Å². The van der Waals surface area contributed by atoms with Gasteiger partial charge in [-0.1, -0.05) is 29.8 Å². The summed E-state index contributed by atoms with van der Waals surface area (Å²) in [4.78, 5) is 0. The summed E-state index contributed by atoms with van der Waals surface area (Å²) in [6, 6.07) is 18.3. The van der Waals surface area contributed by atoms with Crippen molar-refractivity contribution in [3.8, 4) is 28.0 Å². The van der Waals surface area contributed by atoms with Crippen LogP contribution in [0, 0.1) is 19.7 Å². The Morgan fingerprint density at radius 1 is 0.900 bits per heavy atom. The Labute approximate surface area is 181 Å². The Hall–Kier alpha value is -2.91. The summed E-state index contributed by atoms with van der Waals surface area (Å²) in [5, 5.41) is 3.39. The minimum Gasteiger partial charge on any atom is -0.486 e. The fourth-order valence-electron chi connectivity index (χ4n) is 3.66. The van der Waals surface area contributed by atoms with E-state index in [2.05, 4.69) is 55.6 Å². The van der Waals surface area contributed by atoms with Crippen LogP contribution in [-0.2, 0) is 0 Å². The van der Waals surface area contributed by atoms with Crippen LogP contribution in [0.5, 0.6) is 5.75 Å². The Morgan fingerprint density at radius 2 is 1.57 bits per heavy atom. The number of ether oxygens (including phenoxy) is 1. The lowest BCUT2D eigenvalue weighted by Gasteiger charge is -2.14.